The first-order valence-corrected chi connectivity index (χ1v) is 14.4. The summed E-state index contributed by atoms with van der Waals surface area (Å²) in [5.74, 6) is 0.853. The molecule has 3 aliphatic rings. The molecular weight excluding hydrogens is 498 g/mol. The number of ketones is 3. The maximum Gasteiger partial charge on any atom is 0.160 e. The zero-order valence-electron chi connectivity index (χ0n) is 25.6. The van der Waals surface area contributed by atoms with E-state index in [0.29, 0.717) is 39.3 Å². The number of likely N-dealkylation sites (N-methyl/N-ethyl adjacent to an activating group) is 6. The smallest absolute Gasteiger partial charge is 0.160 e. The third-order valence-electron chi connectivity index (χ3n) is 7.11. The van der Waals surface area contributed by atoms with Gasteiger partial charge in [0, 0.05) is 78.5 Å². The summed E-state index contributed by atoms with van der Waals surface area (Å²) in [6, 6.07) is 0. The molecule has 0 unspecified atom stereocenters. The van der Waals surface area contributed by atoms with E-state index in [0.717, 1.165) is 78.5 Å². The van der Waals surface area contributed by atoms with Crippen LogP contribution in [0.1, 0.15) is 0 Å². The lowest BCUT2D eigenvalue weighted by Gasteiger charge is -2.31. The van der Waals surface area contributed by atoms with Crippen molar-refractivity contribution in [2.45, 2.75) is 0 Å². The molecule has 39 heavy (non-hydrogen) atoms. The molecule has 0 radical (unpaired) electrons. The quantitative estimate of drug-likeness (QED) is 0.230. The Kier molecular flexibility index (Phi) is 19.6. The molecule has 0 saturated carbocycles. The second kappa shape index (κ2) is 21.4. The van der Waals surface area contributed by atoms with Gasteiger partial charge in [0.2, 0.25) is 0 Å². The number of carbonyl (C=O) groups is 3. The Morgan fingerprint density at radius 2 is 0.641 bits per heavy atom. The maximum absolute atomic E-state index is 11.3. The van der Waals surface area contributed by atoms with E-state index in [4.69, 9.17) is 0 Å². The Morgan fingerprint density at radius 3 is 0.821 bits per heavy atom. The largest absolute Gasteiger partial charge is 0.313 e. The molecule has 3 aliphatic heterocycles. The Hall–Kier alpha value is -1.35. The molecule has 3 heterocycles. The molecular formula is C27H57N9O3. The summed E-state index contributed by atoms with van der Waals surface area (Å²) in [6.07, 6.45) is 0. The van der Waals surface area contributed by atoms with E-state index < -0.39 is 0 Å². The third kappa shape index (κ3) is 17.9. The molecule has 12 nitrogen and oxygen atoms in total. The Morgan fingerprint density at radius 1 is 0.436 bits per heavy atom. The van der Waals surface area contributed by atoms with Crippen LogP contribution in [0.5, 0.6) is 0 Å². The number of nitrogens with one attached hydrogen (secondary N) is 3. The summed E-state index contributed by atoms with van der Waals surface area (Å²) < 4.78 is 0. The van der Waals surface area contributed by atoms with Crippen molar-refractivity contribution in [1.29, 1.82) is 0 Å². The second-order valence-electron chi connectivity index (χ2n) is 10.9. The zero-order chi connectivity index (χ0) is 29.0. The van der Waals surface area contributed by atoms with Crippen molar-refractivity contribution in [3.8, 4) is 0 Å². The minimum Gasteiger partial charge on any atom is -0.313 e. The van der Waals surface area contributed by atoms with Gasteiger partial charge in [-0.05, 0) is 42.3 Å². The van der Waals surface area contributed by atoms with Crippen molar-refractivity contribution >= 4 is 17.3 Å². The zero-order valence-corrected chi connectivity index (χ0v) is 25.6. The summed E-state index contributed by atoms with van der Waals surface area (Å²) >= 11 is 0. The number of rotatable bonds is 12. The molecule has 0 bridgehead atoms. The van der Waals surface area contributed by atoms with Crippen LogP contribution < -0.4 is 16.0 Å². The highest BCUT2D eigenvalue weighted by atomic mass is 16.1. The molecule has 0 aliphatic carbocycles. The van der Waals surface area contributed by atoms with Crippen LogP contribution >= 0.6 is 0 Å². The lowest BCUT2D eigenvalue weighted by Crippen LogP contribution is -2.47. The highest BCUT2D eigenvalue weighted by Gasteiger charge is 2.17. The Balaban J connectivity index is 0.000000292. The standard InChI is InChI=1S/3C9H19N3O/c3*1-10-7-9(13)8-12-5-3-11(2)4-6-12/h3*10H,3-8H2,1-2H3. The van der Waals surface area contributed by atoms with Crippen LogP contribution in [0.2, 0.25) is 0 Å². The van der Waals surface area contributed by atoms with Gasteiger partial charge in [-0.25, -0.2) is 0 Å². The van der Waals surface area contributed by atoms with Gasteiger partial charge in [-0.1, -0.05) is 0 Å². The fourth-order valence-corrected chi connectivity index (χ4v) is 4.53. The first kappa shape index (κ1) is 35.7. The molecule has 3 N–H and O–H groups in total. The number of nitrogens with zero attached hydrogens (tertiary/aromatic N) is 6. The molecule has 0 spiro atoms. The van der Waals surface area contributed by atoms with E-state index in [1.165, 1.54) is 0 Å². The van der Waals surface area contributed by atoms with Crippen LogP contribution in [0.4, 0.5) is 0 Å². The molecule has 0 atom stereocenters. The predicted octanol–water partition coefficient (Wildman–Crippen LogP) is -2.93. The highest BCUT2D eigenvalue weighted by Crippen LogP contribution is 2.00. The van der Waals surface area contributed by atoms with Crippen LogP contribution in [-0.4, -0.2) is 207 Å². The van der Waals surface area contributed by atoms with Gasteiger partial charge < -0.3 is 30.7 Å². The lowest BCUT2D eigenvalue weighted by molar-refractivity contribution is -0.120. The first-order chi connectivity index (χ1) is 18.7. The molecule has 228 valence electrons. The average Bonchev–Trinajstić information content (AvgIpc) is 2.89. The van der Waals surface area contributed by atoms with Gasteiger partial charge in [-0.15, -0.1) is 0 Å². The van der Waals surface area contributed by atoms with Gasteiger partial charge in [0.1, 0.15) is 0 Å². The normalized spacial score (nSPS) is 20.5. The van der Waals surface area contributed by atoms with Crippen LogP contribution in [0.15, 0.2) is 0 Å². The monoisotopic (exact) mass is 555 g/mol. The van der Waals surface area contributed by atoms with E-state index in [2.05, 4.69) is 66.5 Å². The van der Waals surface area contributed by atoms with Gasteiger partial charge >= 0.3 is 0 Å². The van der Waals surface area contributed by atoms with Gasteiger partial charge in [0.25, 0.3) is 0 Å². The number of piperazine rings is 3. The van der Waals surface area contributed by atoms with E-state index in [9.17, 15) is 14.4 Å². The van der Waals surface area contributed by atoms with Gasteiger partial charge in [-0.2, -0.15) is 0 Å². The summed E-state index contributed by atoms with van der Waals surface area (Å²) in [4.78, 5) is 47.4. The second-order valence-corrected chi connectivity index (χ2v) is 10.9. The summed E-state index contributed by atoms with van der Waals surface area (Å²) in [5, 5.41) is 8.64. The Bertz CT molecular complexity index is 583. The minimum atomic E-state index is 0.284. The van der Waals surface area contributed by atoms with Crippen LogP contribution in [0.3, 0.4) is 0 Å². The van der Waals surface area contributed by atoms with Crippen molar-refractivity contribution in [2.75, 3.05) is 160 Å². The number of carbonyl (C=O) groups excluding carboxylic acids is 3. The number of hydrogen-bond donors (Lipinski definition) is 3. The number of Topliss-reactive ketones (excluding diaryl/α,β-unsaturated/α-hetero) is 3. The third-order valence-corrected chi connectivity index (χ3v) is 7.11. The van der Waals surface area contributed by atoms with Gasteiger partial charge in [0.05, 0.1) is 39.3 Å². The molecule has 3 rings (SSSR count). The summed E-state index contributed by atoms with van der Waals surface area (Å²) in [7, 11) is 11.8. The molecule has 0 aromatic heterocycles. The molecule has 3 fully saturated rings. The summed E-state index contributed by atoms with van der Waals surface area (Å²) in [5.41, 5.74) is 0. The topological polar surface area (TPSA) is 107 Å². The SMILES string of the molecule is CNCC(=O)CN1CCN(C)CC1.CNCC(=O)CN1CCN(C)CC1.CNCC(=O)CN1CCN(C)CC1. The molecule has 0 amide bonds. The van der Waals surface area contributed by atoms with E-state index >= 15 is 0 Å². The van der Waals surface area contributed by atoms with Gasteiger partial charge in [-0.3, -0.25) is 29.1 Å². The van der Waals surface area contributed by atoms with Gasteiger partial charge in [0.15, 0.2) is 17.3 Å². The van der Waals surface area contributed by atoms with E-state index in [-0.39, 0.29) is 17.3 Å². The predicted molar refractivity (Wildman–Crippen MR) is 159 cm³/mol. The summed E-state index contributed by atoms with van der Waals surface area (Å²) in [6.45, 7) is 15.9. The van der Waals surface area contributed by atoms with Crippen LogP contribution in [-0.2, 0) is 14.4 Å². The minimum absolute atomic E-state index is 0.284. The van der Waals surface area contributed by atoms with Crippen LogP contribution in [0, 0.1) is 0 Å². The van der Waals surface area contributed by atoms with E-state index in [1.807, 2.05) is 21.1 Å². The molecule has 12 heteroatoms. The lowest BCUT2D eigenvalue weighted by atomic mass is 10.3. The first-order valence-electron chi connectivity index (χ1n) is 14.4. The molecule has 3 saturated heterocycles. The molecule has 0 aromatic rings. The van der Waals surface area contributed by atoms with E-state index in [1.54, 1.807) is 0 Å². The average molecular weight is 556 g/mol. The van der Waals surface area contributed by atoms with Crippen molar-refractivity contribution in [1.82, 2.24) is 45.3 Å². The fourth-order valence-electron chi connectivity index (χ4n) is 4.53. The van der Waals surface area contributed by atoms with Crippen molar-refractivity contribution in [3.63, 3.8) is 0 Å². The number of hydrogen-bond acceptors (Lipinski definition) is 12. The van der Waals surface area contributed by atoms with Crippen molar-refractivity contribution in [2.24, 2.45) is 0 Å². The maximum atomic E-state index is 11.3. The molecule has 0 aromatic carbocycles. The van der Waals surface area contributed by atoms with Crippen LogP contribution in [0.25, 0.3) is 0 Å². The van der Waals surface area contributed by atoms with Crippen molar-refractivity contribution in [3.05, 3.63) is 0 Å². The van der Waals surface area contributed by atoms with Crippen molar-refractivity contribution < 1.29 is 14.4 Å². The highest BCUT2D eigenvalue weighted by molar-refractivity contribution is 5.83. The fraction of sp³-hybridized carbons (Fsp3) is 0.889. The Labute approximate surface area is 237 Å².